The Bertz CT molecular complexity index is 762. The van der Waals surface area contributed by atoms with Crippen LogP contribution in [0.1, 0.15) is 18.5 Å². The maximum atomic E-state index is 6.29. The van der Waals surface area contributed by atoms with E-state index in [0.717, 1.165) is 10.4 Å². The van der Waals surface area contributed by atoms with Crippen LogP contribution in [0.5, 0.6) is 0 Å². The van der Waals surface area contributed by atoms with Crippen LogP contribution in [0.25, 0.3) is 21.9 Å². The Hall–Kier alpha value is -1.83. The van der Waals surface area contributed by atoms with Gasteiger partial charge in [0.2, 0.25) is 0 Å². The van der Waals surface area contributed by atoms with Gasteiger partial charge >= 0.3 is 0 Å². The molecule has 0 fully saturated rings. The molecule has 0 saturated heterocycles. The van der Waals surface area contributed by atoms with Gasteiger partial charge in [0.05, 0.1) is 0 Å². The fraction of sp³-hybridized carbons (Fsp3) is 0.158. The predicted octanol–water partition coefficient (Wildman–Crippen LogP) is 5.44. The second kappa shape index (κ2) is 5.88. The lowest BCUT2D eigenvalue weighted by Crippen LogP contribution is -2.11. The molecular formula is C19H18ClN. The summed E-state index contributed by atoms with van der Waals surface area (Å²) in [5, 5.41) is 6.36. The number of hydrogen-bond acceptors (Lipinski definition) is 1. The molecule has 3 aromatic carbocycles. The normalized spacial score (nSPS) is 12.5. The van der Waals surface area contributed by atoms with Crippen molar-refractivity contribution in [2.75, 3.05) is 7.05 Å². The number of fused-ring (bicyclic) bond motifs is 1. The monoisotopic (exact) mass is 295 g/mol. The van der Waals surface area contributed by atoms with Gasteiger partial charge in [-0.1, -0.05) is 66.2 Å². The van der Waals surface area contributed by atoms with E-state index in [1.165, 1.54) is 22.1 Å². The third-order valence-corrected chi connectivity index (χ3v) is 4.36. The van der Waals surface area contributed by atoms with E-state index in [2.05, 4.69) is 60.8 Å². The van der Waals surface area contributed by atoms with Crippen LogP contribution in [-0.2, 0) is 0 Å². The van der Waals surface area contributed by atoms with E-state index in [1.807, 2.05) is 19.2 Å². The van der Waals surface area contributed by atoms with Gasteiger partial charge in [-0.05, 0) is 42.1 Å². The van der Waals surface area contributed by atoms with Crippen molar-refractivity contribution >= 4 is 22.4 Å². The van der Waals surface area contributed by atoms with Crippen molar-refractivity contribution in [1.82, 2.24) is 5.32 Å². The van der Waals surface area contributed by atoms with E-state index >= 15 is 0 Å². The predicted molar refractivity (Wildman–Crippen MR) is 91.9 cm³/mol. The van der Waals surface area contributed by atoms with Crippen LogP contribution in [0.15, 0.2) is 60.7 Å². The average Bonchev–Trinajstić information content (AvgIpc) is 2.55. The summed E-state index contributed by atoms with van der Waals surface area (Å²) in [5.41, 5.74) is 3.73. The molecule has 0 spiro atoms. The van der Waals surface area contributed by atoms with Gasteiger partial charge in [0.25, 0.3) is 0 Å². The molecule has 0 aliphatic carbocycles. The van der Waals surface area contributed by atoms with Crippen molar-refractivity contribution in [2.24, 2.45) is 0 Å². The summed E-state index contributed by atoms with van der Waals surface area (Å²) in [6, 6.07) is 21.4. The Morgan fingerprint density at radius 1 is 0.857 bits per heavy atom. The van der Waals surface area contributed by atoms with Crippen molar-refractivity contribution in [3.63, 3.8) is 0 Å². The van der Waals surface area contributed by atoms with Gasteiger partial charge in [0.15, 0.2) is 0 Å². The van der Waals surface area contributed by atoms with Gasteiger partial charge in [-0.2, -0.15) is 0 Å². The van der Waals surface area contributed by atoms with Gasteiger partial charge in [-0.15, -0.1) is 0 Å². The Morgan fingerprint density at radius 3 is 2.19 bits per heavy atom. The highest BCUT2D eigenvalue weighted by atomic mass is 35.5. The number of nitrogens with one attached hydrogen (secondary N) is 1. The molecule has 0 saturated carbocycles. The van der Waals surface area contributed by atoms with Crippen LogP contribution < -0.4 is 5.32 Å². The maximum absolute atomic E-state index is 6.29. The minimum Gasteiger partial charge on any atom is -0.313 e. The van der Waals surface area contributed by atoms with E-state index in [0.29, 0.717) is 6.04 Å². The van der Waals surface area contributed by atoms with Crippen LogP contribution in [0.3, 0.4) is 0 Å². The van der Waals surface area contributed by atoms with Crippen LogP contribution in [-0.4, -0.2) is 7.05 Å². The van der Waals surface area contributed by atoms with Gasteiger partial charge < -0.3 is 5.32 Å². The van der Waals surface area contributed by atoms with Gasteiger partial charge in [-0.25, -0.2) is 0 Å². The zero-order chi connectivity index (χ0) is 14.8. The van der Waals surface area contributed by atoms with E-state index in [1.54, 1.807) is 0 Å². The quantitative estimate of drug-likeness (QED) is 0.678. The smallest absolute Gasteiger partial charge is 0.0484 e. The average molecular weight is 296 g/mol. The molecule has 0 amide bonds. The lowest BCUT2D eigenvalue weighted by molar-refractivity contribution is 0.652. The number of rotatable bonds is 3. The van der Waals surface area contributed by atoms with Crippen molar-refractivity contribution < 1.29 is 0 Å². The molecular weight excluding hydrogens is 278 g/mol. The van der Waals surface area contributed by atoms with Crippen LogP contribution in [0, 0.1) is 0 Å². The summed E-state index contributed by atoms with van der Waals surface area (Å²) in [6.45, 7) is 2.16. The first kappa shape index (κ1) is 14.1. The van der Waals surface area contributed by atoms with Crippen molar-refractivity contribution in [3.05, 3.63) is 71.2 Å². The van der Waals surface area contributed by atoms with Crippen LogP contribution in [0.2, 0.25) is 5.02 Å². The zero-order valence-electron chi connectivity index (χ0n) is 12.2. The summed E-state index contributed by atoms with van der Waals surface area (Å²) >= 11 is 6.29. The first-order chi connectivity index (χ1) is 10.2. The third kappa shape index (κ3) is 2.67. The molecule has 1 unspecified atom stereocenters. The Balaban J connectivity index is 2.11. The molecule has 1 N–H and O–H groups in total. The highest BCUT2D eigenvalue weighted by Crippen LogP contribution is 2.33. The SMILES string of the molecule is CNC(C)c1ccc(-c2ccc(Cl)c3ccccc23)cc1. The first-order valence-corrected chi connectivity index (χ1v) is 7.53. The maximum Gasteiger partial charge on any atom is 0.0484 e. The molecule has 106 valence electrons. The minimum absolute atomic E-state index is 0.362. The molecule has 3 aromatic rings. The van der Waals surface area contributed by atoms with E-state index in [-0.39, 0.29) is 0 Å². The molecule has 3 rings (SSSR count). The van der Waals surface area contributed by atoms with Gasteiger partial charge in [0.1, 0.15) is 0 Å². The lowest BCUT2D eigenvalue weighted by atomic mass is 9.96. The number of halogens is 1. The molecule has 0 heterocycles. The lowest BCUT2D eigenvalue weighted by Gasteiger charge is -2.12. The second-order valence-corrected chi connectivity index (χ2v) is 5.68. The standard InChI is InChI=1S/C19H18ClN/c1-13(21-2)14-7-9-15(10-8-14)16-11-12-19(20)18-6-4-3-5-17(16)18/h3-13,21H,1-2H3. The van der Waals surface area contributed by atoms with Crippen molar-refractivity contribution in [3.8, 4) is 11.1 Å². The highest BCUT2D eigenvalue weighted by Gasteiger charge is 2.07. The fourth-order valence-corrected chi connectivity index (χ4v) is 2.86. The molecule has 0 aliphatic heterocycles. The topological polar surface area (TPSA) is 12.0 Å². The molecule has 0 aliphatic rings. The molecule has 21 heavy (non-hydrogen) atoms. The Kier molecular flexibility index (Phi) is 3.96. The zero-order valence-corrected chi connectivity index (χ0v) is 13.0. The van der Waals surface area contributed by atoms with Gasteiger partial charge in [0, 0.05) is 16.5 Å². The number of benzene rings is 3. The summed E-state index contributed by atoms with van der Waals surface area (Å²) < 4.78 is 0. The van der Waals surface area contributed by atoms with E-state index < -0.39 is 0 Å². The molecule has 1 nitrogen and oxygen atoms in total. The largest absolute Gasteiger partial charge is 0.313 e. The first-order valence-electron chi connectivity index (χ1n) is 7.15. The summed E-state index contributed by atoms with van der Waals surface area (Å²) in [6.07, 6.45) is 0. The summed E-state index contributed by atoms with van der Waals surface area (Å²) in [4.78, 5) is 0. The molecule has 0 bridgehead atoms. The highest BCUT2D eigenvalue weighted by molar-refractivity contribution is 6.36. The third-order valence-electron chi connectivity index (χ3n) is 4.03. The fourth-order valence-electron chi connectivity index (χ4n) is 2.63. The second-order valence-electron chi connectivity index (χ2n) is 5.27. The van der Waals surface area contributed by atoms with E-state index in [9.17, 15) is 0 Å². The summed E-state index contributed by atoms with van der Waals surface area (Å²) in [7, 11) is 1.98. The van der Waals surface area contributed by atoms with Crippen LogP contribution in [0.4, 0.5) is 0 Å². The molecule has 0 radical (unpaired) electrons. The van der Waals surface area contributed by atoms with E-state index in [4.69, 9.17) is 11.6 Å². The van der Waals surface area contributed by atoms with Crippen LogP contribution >= 0.6 is 11.6 Å². The Labute approximate surface area is 130 Å². The minimum atomic E-state index is 0.362. The summed E-state index contributed by atoms with van der Waals surface area (Å²) in [5.74, 6) is 0. The molecule has 1 atom stereocenters. The van der Waals surface area contributed by atoms with Crippen molar-refractivity contribution in [1.29, 1.82) is 0 Å². The van der Waals surface area contributed by atoms with Crippen molar-refractivity contribution in [2.45, 2.75) is 13.0 Å². The number of hydrogen-bond donors (Lipinski definition) is 1. The molecule has 0 aromatic heterocycles. The Morgan fingerprint density at radius 2 is 1.52 bits per heavy atom. The van der Waals surface area contributed by atoms with Gasteiger partial charge in [-0.3, -0.25) is 0 Å². The molecule has 2 heteroatoms.